The monoisotopic (exact) mass is 612 g/mol. The zero-order valence-electron chi connectivity index (χ0n) is 26.0. The van der Waals surface area contributed by atoms with E-state index in [0.29, 0.717) is 17.5 Å². The van der Waals surface area contributed by atoms with Gasteiger partial charge in [-0.05, 0) is 56.6 Å². The van der Waals surface area contributed by atoms with Crippen LogP contribution < -0.4 is 0 Å². The van der Waals surface area contributed by atoms with Crippen LogP contribution in [-0.2, 0) is 0 Å². The minimum Gasteiger partial charge on any atom is -0.256 e. The van der Waals surface area contributed by atoms with E-state index in [-0.39, 0.29) is 0 Å². The molecule has 0 spiro atoms. The van der Waals surface area contributed by atoms with E-state index < -0.39 is 0 Å². The molecule has 9 rings (SSSR count). The highest BCUT2D eigenvalue weighted by Crippen LogP contribution is 2.38. The molecule has 0 fully saturated rings. The number of fused-ring (bicyclic) bond motifs is 4. The molecule has 224 valence electrons. The van der Waals surface area contributed by atoms with E-state index in [1.165, 1.54) is 21.9 Å². The van der Waals surface area contributed by atoms with Crippen molar-refractivity contribution in [2.45, 2.75) is 0 Å². The Hall–Kier alpha value is -6.52. The summed E-state index contributed by atoms with van der Waals surface area (Å²) in [4.78, 5) is 19.6. The Labute approximate surface area is 278 Å². The Morgan fingerprint density at radius 1 is 0.312 bits per heavy atom. The van der Waals surface area contributed by atoms with Crippen molar-refractivity contribution in [2.75, 3.05) is 0 Å². The molecule has 0 aliphatic carbocycles. The lowest BCUT2D eigenvalue weighted by atomic mass is 9.92. The number of pyridine rings is 1. The van der Waals surface area contributed by atoms with Gasteiger partial charge in [0.15, 0.2) is 17.5 Å². The summed E-state index contributed by atoms with van der Waals surface area (Å²) in [6, 6.07) is 56.9. The number of rotatable bonds is 5. The van der Waals surface area contributed by atoms with Crippen molar-refractivity contribution < 1.29 is 0 Å². The summed E-state index contributed by atoms with van der Waals surface area (Å²) in [5.74, 6) is 1.96. The first-order valence-electron chi connectivity index (χ1n) is 16.1. The van der Waals surface area contributed by atoms with Crippen LogP contribution in [0.4, 0.5) is 0 Å². The van der Waals surface area contributed by atoms with Crippen LogP contribution in [0.15, 0.2) is 170 Å². The van der Waals surface area contributed by atoms with Crippen molar-refractivity contribution in [2.24, 2.45) is 0 Å². The van der Waals surface area contributed by atoms with Crippen LogP contribution >= 0.6 is 0 Å². The van der Waals surface area contributed by atoms with Crippen molar-refractivity contribution in [3.8, 4) is 56.4 Å². The summed E-state index contributed by atoms with van der Waals surface area (Å²) >= 11 is 0. The van der Waals surface area contributed by atoms with Crippen LogP contribution in [0.1, 0.15) is 0 Å². The zero-order chi connectivity index (χ0) is 31.9. The number of hydrogen-bond acceptors (Lipinski definition) is 4. The fourth-order valence-electron chi connectivity index (χ4n) is 6.66. The highest BCUT2D eigenvalue weighted by molar-refractivity contribution is 6.12. The lowest BCUT2D eigenvalue weighted by molar-refractivity contribution is 1.08. The third-order valence-electron chi connectivity index (χ3n) is 8.98. The minimum atomic E-state index is 0.651. The standard InChI is InChI=1S/C44H28N4/c1-3-12-31(13-4-1)42-46-43(32-14-5-2-6-15-32)48-44(47-42)39-26-25-34(35-17-7-8-18-36(35)39)29-21-23-30(24-22-29)40-28-33-16-11-27-45-41(33)38-20-10-9-19-37(38)40/h1-28H. The van der Waals surface area contributed by atoms with Gasteiger partial charge in [0.2, 0.25) is 0 Å². The molecular formula is C44H28N4. The van der Waals surface area contributed by atoms with Crippen LogP contribution in [0.3, 0.4) is 0 Å². The second kappa shape index (κ2) is 11.7. The number of hydrogen-bond donors (Lipinski definition) is 0. The number of nitrogens with zero attached hydrogens (tertiary/aromatic N) is 4. The van der Waals surface area contributed by atoms with Crippen molar-refractivity contribution >= 4 is 32.4 Å². The van der Waals surface area contributed by atoms with E-state index in [1.54, 1.807) is 0 Å². The largest absolute Gasteiger partial charge is 0.256 e. The van der Waals surface area contributed by atoms with E-state index >= 15 is 0 Å². The Morgan fingerprint density at radius 3 is 1.42 bits per heavy atom. The van der Waals surface area contributed by atoms with Crippen LogP contribution in [0, 0.1) is 0 Å². The molecule has 0 aliphatic heterocycles. The smallest absolute Gasteiger partial charge is 0.164 e. The van der Waals surface area contributed by atoms with Gasteiger partial charge in [-0.2, -0.15) is 0 Å². The van der Waals surface area contributed by atoms with Crippen LogP contribution in [0.2, 0.25) is 0 Å². The predicted molar refractivity (Wildman–Crippen MR) is 197 cm³/mol. The molecule has 9 aromatic rings. The number of aromatic nitrogens is 4. The molecular weight excluding hydrogens is 585 g/mol. The Morgan fingerprint density at radius 2 is 0.792 bits per heavy atom. The Bertz CT molecular complexity index is 2540. The topological polar surface area (TPSA) is 51.6 Å². The molecule has 0 radical (unpaired) electrons. The van der Waals surface area contributed by atoms with Crippen molar-refractivity contribution in [3.05, 3.63) is 170 Å². The highest BCUT2D eigenvalue weighted by atomic mass is 15.0. The van der Waals surface area contributed by atoms with Crippen LogP contribution in [0.5, 0.6) is 0 Å². The van der Waals surface area contributed by atoms with E-state index in [2.05, 4.69) is 102 Å². The first-order chi connectivity index (χ1) is 23.8. The van der Waals surface area contributed by atoms with Gasteiger partial charge >= 0.3 is 0 Å². The van der Waals surface area contributed by atoms with Crippen molar-refractivity contribution in [1.29, 1.82) is 0 Å². The van der Waals surface area contributed by atoms with Gasteiger partial charge in [-0.25, -0.2) is 15.0 Å². The summed E-state index contributed by atoms with van der Waals surface area (Å²) in [5.41, 5.74) is 8.60. The van der Waals surface area contributed by atoms with Gasteiger partial charge in [0.05, 0.1) is 5.52 Å². The van der Waals surface area contributed by atoms with Gasteiger partial charge in [0.1, 0.15) is 0 Å². The lowest BCUT2D eigenvalue weighted by Gasteiger charge is -2.14. The molecule has 48 heavy (non-hydrogen) atoms. The Balaban J connectivity index is 1.16. The molecule has 7 aromatic carbocycles. The highest BCUT2D eigenvalue weighted by Gasteiger charge is 2.16. The fraction of sp³-hybridized carbons (Fsp3) is 0. The quantitative estimate of drug-likeness (QED) is 0.181. The van der Waals surface area contributed by atoms with Gasteiger partial charge in [-0.15, -0.1) is 0 Å². The van der Waals surface area contributed by atoms with Crippen LogP contribution in [-0.4, -0.2) is 19.9 Å². The second-order valence-corrected chi connectivity index (χ2v) is 11.9. The van der Waals surface area contributed by atoms with Gasteiger partial charge < -0.3 is 0 Å². The third kappa shape index (κ3) is 4.88. The molecule has 0 unspecified atom stereocenters. The molecule has 2 aromatic heterocycles. The van der Waals surface area contributed by atoms with E-state index in [0.717, 1.165) is 49.5 Å². The van der Waals surface area contributed by atoms with Gasteiger partial charge in [0.25, 0.3) is 0 Å². The first-order valence-corrected chi connectivity index (χ1v) is 16.1. The average molecular weight is 613 g/mol. The van der Waals surface area contributed by atoms with E-state index in [1.807, 2.05) is 72.9 Å². The predicted octanol–water partition coefficient (Wildman–Crippen LogP) is 11.1. The minimum absolute atomic E-state index is 0.651. The van der Waals surface area contributed by atoms with Gasteiger partial charge in [-0.3, -0.25) is 4.98 Å². The van der Waals surface area contributed by atoms with Gasteiger partial charge in [-0.1, -0.05) is 146 Å². The summed E-state index contributed by atoms with van der Waals surface area (Å²) < 4.78 is 0. The lowest BCUT2D eigenvalue weighted by Crippen LogP contribution is -2.00. The summed E-state index contributed by atoms with van der Waals surface area (Å²) in [6.45, 7) is 0. The SMILES string of the molecule is c1ccc(-c2nc(-c3ccccc3)nc(-c3ccc(-c4ccc(-c5cc6cccnc6c6ccccc56)cc4)c4ccccc34)n2)cc1. The molecule has 0 N–H and O–H groups in total. The van der Waals surface area contributed by atoms with Crippen LogP contribution in [0.25, 0.3) is 88.9 Å². The Kier molecular flexibility index (Phi) is 6.76. The molecule has 0 saturated heterocycles. The van der Waals surface area contributed by atoms with E-state index in [4.69, 9.17) is 15.0 Å². The molecule has 4 heteroatoms. The van der Waals surface area contributed by atoms with E-state index in [9.17, 15) is 0 Å². The third-order valence-corrected chi connectivity index (χ3v) is 8.98. The first kappa shape index (κ1) is 27.8. The summed E-state index contributed by atoms with van der Waals surface area (Å²) in [7, 11) is 0. The molecule has 0 bridgehead atoms. The average Bonchev–Trinajstić information content (AvgIpc) is 3.18. The van der Waals surface area contributed by atoms with Gasteiger partial charge in [0, 0.05) is 33.7 Å². The normalized spacial score (nSPS) is 11.3. The maximum atomic E-state index is 5.02. The molecule has 4 nitrogen and oxygen atoms in total. The molecule has 0 amide bonds. The molecule has 2 heterocycles. The fourth-order valence-corrected chi connectivity index (χ4v) is 6.66. The van der Waals surface area contributed by atoms with Crippen molar-refractivity contribution in [1.82, 2.24) is 19.9 Å². The maximum absolute atomic E-state index is 5.02. The van der Waals surface area contributed by atoms with Crippen molar-refractivity contribution in [3.63, 3.8) is 0 Å². The zero-order valence-corrected chi connectivity index (χ0v) is 26.0. The number of benzene rings is 7. The molecule has 0 atom stereocenters. The summed E-state index contributed by atoms with van der Waals surface area (Å²) in [6.07, 6.45) is 1.87. The maximum Gasteiger partial charge on any atom is 0.164 e. The molecule has 0 saturated carbocycles. The summed E-state index contributed by atoms with van der Waals surface area (Å²) in [5, 5.41) is 5.75. The second-order valence-electron chi connectivity index (χ2n) is 11.9. The molecule has 0 aliphatic rings.